The number of allylic oxidation sites excluding steroid dienone is 8. The molecule has 6 aromatic rings. The Balaban J connectivity index is 1.11. The smallest absolute Gasteiger partial charge is 0.0547 e. The molecule has 0 amide bonds. The summed E-state index contributed by atoms with van der Waals surface area (Å²) in [7, 11) is 0. The Hall–Kier alpha value is -4.70. The van der Waals surface area contributed by atoms with Crippen molar-refractivity contribution in [1.82, 2.24) is 4.57 Å². The van der Waals surface area contributed by atoms with Crippen LogP contribution in [0.1, 0.15) is 41.4 Å². The van der Waals surface area contributed by atoms with E-state index in [1.54, 1.807) is 11.1 Å². The predicted octanol–water partition coefficient (Wildman–Crippen LogP) is 13.2. The van der Waals surface area contributed by atoms with Crippen LogP contribution in [0.2, 0.25) is 0 Å². The van der Waals surface area contributed by atoms with Gasteiger partial charge in [-0.1, -0.05) is 140 Å². The zero-order chi connectivity index (χ0) is 34.9. The predicted molar refractivity (Wildman–Crippen MR) is 226 cm³/mol. The molecule has 0 saturated heterocycles. The first kappa shape index (κ1) is 31.8. The molecule has 0 fully saturated rings. The third-order valence-electron chi connectivity index (χ3n) is 12.7. The van der Waals surface area contributed by atoms with Crippen molar-refractivity contribution in [1.29, 1.82) is 0 Å². The molecule has 0 N–H and O–H groups in total. The molecule has 3 heterocycles. The molecule has 0 saturated carbocycles. The Labute approximate surface area is 320 Å². The fourth-order valence-corrected chi connectivity index (χ4v) is 13.4. The maximum atomic E-state index is 2.71. The van der Waals surface area contributed by atoms with Crippen LogP contribution in [0.3, 0.4) is 0 Å². The van der Waals surface area contributed by atoms with E-state index in [-0.39, 0.29) is 0 Å². The highest BCUT2D eigenvalue weighted by Crippen LogP contribution is 2.63. The molecule has 1 nitrogen and oxygen atoms in total. The Bertz CT molecular complexity index is 2530. The highest BCUT2D eigenvalue weighted by atomic mass is 32.2. The second-order valence-electron chi connectivity index (χ2n) is 15.4. The Morgan fingerprint density at radius 3 is 2.13 bits per heavy atom. The van der Waals surface area contributed by atoms with Gasteiger partial charge in [0.1, 0.15) is 0 Å². The summed E-state index contributed by atoms with van der Waals surface area (Å²) in [5.41, 5.74) is 9.52. The summed E-state index contributed by atoms with van der Waals surface area (Å²) in [6, 6.07) is 45.6. The summed E-state index contributed by atoms with van der Waals surface area (Å²) in [4.78, 5) is 2.94. The van der Waals surface area contributed by atoms with Gasteiger partial charge >= 0.3 is 0 Å². The molecule has 0 bridgehead atoms. The van der Waals surface area contributed by atoms with Gasteiger partial charge in [0.25, 0.3) is 0 Å². The maximum absolute atomic E-state index is 2.71. The lowest BCUT2D eigenvalue weighted by Crippen LogP contribution is -2.44. The van der Waals surface area contributed by atoms with Crippen LogP contribution in [0.4, 0.5) is 0 Å². The second kappa shape index (κ2) is 13.0. The van der Waals surface area contributed by atoms with Crippen LogP contribution in [0.15, 0.2) is 186 Å². The molecule has 2 aliphatic heterocycles. The fourth-order valence-electron chi connectivity index (χ4n) is 10.6. The zero-order valence-corrected chi connectivity index (χ0v) is 31.2. The zero-order valence-electron chi connectivity index (χ0n) is 29.5. The normalized spacial score (nSPS) is 28.3. The third-order valence-corrected chi connectivity index (χ3v) is 15.4. The lowest BCUT2D eigenvalue weighted by molar-refractivity contribution is 0.185. The molecule has 7 unspecified atom stereocenters. The van der Waals surface area contributed by atoms with E-state index in [2.05, 4.69) is 204 Å². The topological polar surface area (TPSA) is 4.93 Å². The number of hydrogen-bond acceptors (Lipinski definition) is 2. The molecular weight excluding hydrogens is 679 g/mol. The lowest BCUT2D eigenvalue weighted by atomic mass is 9.59. The quantitative estimate of drug-likeness (QED) is 0.167. The maximum Gasteiger partial charge on any atom is 0.0547 e. The lowest BCUT2D eigenvalue weighted by Gasteiger charge is -2.52. The van der Waals surface area contributed by atoms with Crippen molar-refractivity contribution < 1.29 is 0 Å². The van der Waals surface area contributed by atoms with Crippen molar-refractivity contribution in [3.05, 3.63) is 193 Å². The van der Waals surface area contributed by atoms with Crippen molar-refractivity contribution in [2.75, 3.05) is 0 Å². The number of thioether (sulfide) groups is 2. The van der Waals surface area contributed by atoms with E-state index < -0.39 is 0 Å². The van der Waals surface area contributed by atoms with Crippen LogP contribution < -0.4 is 0 Å². The molecule has 1 aromatic heterocycles. The summed E-state index contributed by atoms with van der Waals surface area (Å²) in [6.07, 6.45) is 24.6. The first-order chi connectivity index (χ1) is 26.3. The average molecular weight is 720 g/mol. The highest BCUT2D eigenvalue weighted by Gasteiger charge is 2.51. The van der Waals surface area contributed by atoms with Crippen LogP contribution in [0.5, 0.6) is 0 Å². The van der Waals surface area contributed by atoms with Gasteiger partial charge in [-0.05, 0) is 101 Å². The number of aromatic nitrogens is 1. The van der Waals surface area contributed by atoms with E-state index in [0.29, 0.717) is 46.0 Å². The summed E-state index contributed by atoms with van der Waals surface area (Å²) in [5, 5.41) is 3.52. The van der Waals surface area contributed by atoms with Gasteiger partial charge in [-0.3, -0.25) is 0 Å². The minimum absolute atomic E-state index is 0.364. The molecule has 5 aromatic carbocycles. The Morgan fingerprint density at radius 1 is 0.566 bits per heavy atom. The van der Waals surface area contributed by atoms with Gasteiger partial charge in [0.15, 0.2) is 0 Å². The van der Waals surface area contributed by atoms with Crippen molar-refractivity contribution in [2.24, 2.45) is 23.7 Å². The van der Waals surface area contributed by atoms with Crippen molar-refractivity contribution >= 4 is 50.9 Å². The fraction of sp³-hybridized carbons (Fsp3) is 0.200. The molecule has 258 valence electrons. The number of para-hydroxylation sites is 2. The second-order valence-corrected chi connectivity index (χ2v) is 17.8. The van der Waals surface area contributed by atoms with Crippen LogP contribution >= 0.6 is 23.5 Å². The summed E-state index contributed by atoms with van der Waals surface area (Å²) < 4.78 is 2.45. The van der Waals surface area contributed by atoms with Gasteiger partial charge in [-0.2, -0.15) is 0 Å². The molecule has 3 aliphatic carbocycles. The molecule has 0 radical (unpaired) electrons. The van der Waals surface area contributed by atoms with E-state index in [1.807, 2.05) is 0 Å². The van der Waals surface area contributed by atoms with E-state index >= 15 is 0 Å². The number of benzene rings is 5. The SMILES string of the molecule is C1=CCC(C2CC=CC3Sc4ccccc4C(C4c5ccccc5S[C@@H]5C=CC(c6cccc7c6c6ccccc6n7-c6ccccc6)=CC45)C32)C=C1. The van der Waals surface area contributed by atoms with Gasteiger partial charge in [-0.25, -0.2) is 0 Å². The number of hydrogen-bond donors (Lipinski definition) is 0. The standard InChI is InChI=1S/C50H41NS2/c1-3-15-32(16-4-1)35-23-14-28-46-49(35)50(39-21-9-12-27-44(39)53-46)48-38-20-8-11-26-43(38)52-45-30-29-33(31-40(45)48)36-22-13-25-42-47(36)37-19-7-10-24-41(37)51(42)34-17-5-2-6-18-34/h1-15,17-22,24-32,35,40,45-46,48-50H,16,23H2/t32?,35?,40?,45-,46?,48?,49?,50?/m1/s1. The van der Waals surface area contributed by atoms with Crippen molar-refractivity contribution in [3.8, 4) is 5.69 Å². The minimum atomic E-state index is 0.364. The van der Waals surface area contributed by atoms with Gasteiger partial charge in [0.2, 0.25) is 0 Å². The Morgan fingerprint density at radius 2 is 1.30 bits per heavy atom. The van der Waals surface area contributed by atoms with E-state index in [9.17, 15) is 0 Å². The van der Waals surface area contributed by atoms with E-state index in [4.69, 9.17) is 0 Å². The number of rotatable bonds is 4. The van der Waals surface area contributed by atoms with Gasteiger partial charge in [0.05, 0.1) is 11.0 Å². The van der Waals surface area contributed by atoms with Crippen LogP contribution in [0.25, 0.3) is 33.1 Å². The molecule has 11 rings (SSSR count). The monoisotopic (exact) mass is 719 g/mol. The average Bonchev–Trinajstić information content (AvgIpc) is 3.57. The van der Waals surface area contributed by atoms with Crippen molar-refractivity contribution in [3.63, 3.8) is 0 Å². The minimum Gasteiger partial charge on any atom is -0.309 e. The Kier molecular flexibility index (Phi) is 7.80. The highest BCUT2D eigenvalue weighted by molar-refractivity contribution is 8.00. The summed E-state index contributed by atoms with van der Waals surface area (Å²) in [6.45, 7) is 0. The van der Waals surface area contributed by atoms with Crippen LogP contribution in [-0.2, 0) is 0 Å². The van der Waals surface area contributed by atoms with Crippen LogP contribution in [0, 0.1) is 23.7 Å². The number of fused-ring (bicyclic) bond motifs is 7. The molecular formula is C50H41NS2. The molecule has 8 atom stereocenters. The van der Waals surface area contributed by atoms with Gasteiger partial charge in [0, 0.05) is 42.7 Å². The van der Waals surface area contributed by atoms with E-state index in [1.165, 1.54) is 48.4 Å². The van der Waals surface area contributed by atoms with Gasteiger partial charge in [-0.15, -0.1) is 23.5 Å². The molecule has 5 aliphatic rings. The first-order valence-electron chi connectivity index (χ1n) is 19.3. The summed E-state index contributed by atoms with van der Waals surface area (Å²) >= 11 is 4.20. The molecule has 53 heavy (non-hydrogen) atoms. The third kappa shape index (κ3) is 5.15. The first-order valence-corrected chi connectivity index (χ1v) is 21.1. The molecule has 3 heteroatoms. The van der Waals surface area contributed by atoms with E-state index in [0.717, 1.165) is 12.8 Å². The largest absolute Gasteiger partial charge is 0.309 e. The van der Waals surface area contributed by atoms with Gasteiger partial charge < -0.3 is 4.57 Å². The van der Waals surface area contributed by atoms with Crippen molar-refractivity contribution in [2.45, 2.75) is 45.0 Å². The summed E-state index contributed by atoms with van der Waals surface area (Å²) in [5.74, 6) is 2.89. The number of nitrogens with zero attached hydrogens (tertiary/aromatic N) is 1. The van der Waals surface area contributed by atoms with Crippen LogP contribution in [-0.4, -0.2) is 15.1 Å². The molecule has 0 spiro atoms.